The molecule has 21 heavy (non-hydrogen) atoms. The summed E-state index contributed by atoms with van der Waals surface area (Å²) in [5.74, 6) is 0.956. The normalized spacial score (nSPS) is 11.1. The fourth-order valence-corrected chi connectivity index (χ4v) is 2.51. The third-order valence-electron chi connectivity index (χ3n) is 3.67. The molecule has 0 saturated carbocycles. The zero-order valence-corrected chi connectivity index (χ0v) is 11.9. The Labute approximate surface area is 121 Å². The van der Waals surface area contributed by atoms with Gasteiger partial charge in [-0.05, 0) is 25.1 Å². The summed E-state index contributed by atoms with van der Waals surface area (Å²) in [4.78, 5) is 19.8. The van der Waals surface area contributed by atoms with E-state index in [0.29, 0.717) is 5.52 Å². The van der Waals surface area contributed by atoms with Crippen molar-refractivity contribution < 1.29 is 9.90 Å². The predicted molar refractivity (Wildman–Crippen MR) is 78.3 cm³/mol. The smallest absolute Gasteiger partial charge is 0.335 e. The van der Waals surface area contributed by atoms with Gasteiger partial charge in [-0.2, -0.15) is 0 Å². The standard InChI is InChI=1S/C15H16N4O2/c1-10-17-12-9-11(15(20)21)3-4-13(12)19(10)7-5-14-16-6-8-18(14)2/h3-4,6,8-9H,5,7H2,1-2H3,(H,20,21). The van der Waals surface area contributed by atoms with Crippen molar-refractivity contribution in [1.29, 1.82) is 0 Å². The number of hydrogen-bond acceptors (Lipinski definition) is 3. The van der Waals surface area contributed by atoms with Crippen LogP contribution in [-0.4, -0.2) is 30.2 Å². The summed E-state index contributed by atoms with van der Waals surface area (Å²) in [6, 6.07) is 5.04. The summed E-state index contributed by atoms with van der Waals surface area (Å²) in [5.41, 5.74) is 1.93. The molecule has 0 aliphatic rings. The van der Waals surface area contributed by atoms with Crippen LogP contribution in [0.1, 0.15) is 22.0 Å². The van der Waals surface area contributed by atoms with Gasteiger partial charge in [0.15, 0.2) is 0 Å². The lowest BCUT2D eigenvalue weighted by Crippen LogP contribution is -2.07. The minimum atomic E-state index is -0.933. The maximum Gasteiger partial charge on any atom is 0.335 e. The van der Waals surface area contributed by atoms with E-state index in [9.17, 15) is 4.79 Å². The molecule has 0 unspecified atom stereocenters. The van der Waals surface area contributed by atoms with Gasteiger partial charge in [-0.1, -0.05) is 0 Å². The van der Waals surface area contributed by atoms with Crippen molar-refractivity contribution in [1.82, 2.24) is 19.1 Å². The summed E-state index contributed by atoms with van der Waals surface area (Å²) in [5, 5.41) is 9.03. The molecular formula is C15H16N4O2. The van der Waals surface area contributed by atoms with Crippen molar-refractivity contribution in [3.05, 3.63) is 47.8 Å². The van der Waals surface area contributed by atoms with Gasteiger partial charge in [0.2, 0.25) is 0 Å². The molecule has 3 rings (SSSR count). The van der Waals surface area contributed by atoms with Crippen molar-refractivity contribution >= 4 is 17.0 Å². The van der Waals surface area contributed by atoms with Crippen LogP contribution in [0.2, 0.25) is 0 Å². The van der Waals surface area contributed by atoms with Crippen LogP contribution in [0.3, 0.4) is 0 Å². The number of carboxylic acids is 1. The number of carbonyl (C=O) groups is 1. The summed E-state index contributed by atoms with van der Waals surface area (Å²) < 4.78 is 4.09. The lowest BCUT2D eigenvalue weighted by molar-refractivity contribution is 0.0697. The van der Waals surface area contributed by atoms with Crippen LogP contribution in [0.4, 0.5) is 0 Å². The summed E-state index contributed by atoms with van der Waals surface area (Å²) >= 11 is 0. The largest absolute Gasteiger partial charge is 0.478 e. The first-order valence-corrected chi connectivity index (χ1v) is 6.72. The Balaban J connectivity index is 1.93. The van der Waals surface area contributed by atoms with Crippen LogP contribution >= 0.6 is 0 Å². The van der Waals surface area contributed by atoms with Crippen molar-refractivity contribution in [3.8, 4) is 0 Å². The third kappa shape index (κ3) is 2.40. The van der Waals surface area contributed by atoms with Crippen molar-refractivity contribution in [2.45, 2.75) is 19.9 Å². The average Bonchev–Trinajstić information content (AvgIpc) is 2.98. The van der Waals surface area contributed by atoms with Gasteiger partial charge in [0, 0.05) is 32.4 Å². The molecule has 0 atom stereocenters. The van der Waals surface area contributed by atoms with Gasteiger partial charge in [-0.25, -0.2) is 14.8 Å². The Hall–Kier alpha value is -2.63. The van der Waals surface area contributed by atoms with Crippen LogP contribution in [0.15, 0.2) is 30.6 Å². The summed E-state index contributed by atoms with van der Waals surface area (Å²) in [6.07, 6.45) is 4.51. The van der Waals surface area contributed by atoms with E-state index in [2.05, 4.69) is 14.5 Å². The summed E-state index contributed by atoms with van der Waals surface area (Å²) in [7, 11) is 1.97. The van der Waals surface area contributed by atoms with Crippen LogP contribution in [0.25, 0.3) is 11.0 Å². The predicted octanol–water partition coefficient (Wildman–Crippen LogP) is 2.02. The van der Waals surface area contributed by atoms with Crippen LogP contribution in [0, 0.1) is 6.92 Å². The zero-order chi connectivity index (χ0) is 15.0. The Bertz CT molecular complexity index is 816. The van der Waals surface area contributed by atoms with E-state index in [1.165, 1.54) is 0 Å². The van der Waals surface area contributed by atoms with Crippen LogP contribution < -0.4 is 0 Å². The lowest BCUT2D eigenvalue weighted by Gasteiger charge is -2.07. The highest BCUT2D eigenvalue weighted by atomic mass is 16.4. The number of carboxylic acid groups (broad SMARTS) is 1. The highest BCUT2D eigenvalue weighted by molar-refractivity contribution is 5.92. The highest BCUT2D eigenvalue weighted by Gasteiger charge is 2.11. The molecule has 0 aliphatic carbocycles. The van der Waals surface area contributed by atoms with Crippen molar-refractivity contribution in [3.63, 3.8) is 0 Å². The lowest BCUT2D eigenvalue weighted by atomic mass is 10.2. The van der Waals surface area contributed by atoms with Crippen LogP contribution in [-0.2, 0) is 20.0 Å². The molecule has 1 aromatic carbocycles. The molecule has 6 nitrogen and oxygen atoms in total. The zero-order valence-electron chi connectivity index (χ0n) is 11.9. The van der Waals surface area contributed by atoms with E-state index in [1.807, 2.05) is 30.8 Å². The number of hydrogen-bond donors (Lipinski definition) is 1. The average molecular weight is 284 g/mol. The van der Waals surface area contributed by atoms with E-state index in [1.54, 1.807) is 18.3 Å². The van der Waals surface area contributed by atoms with Crippen LogP contribution in [0.5, 0.6) is 0 Å². The third-order valence-corrected chi connectivity index (χ3v) is 3.67. The molecule has 0 radical (unpaired) electrons. The molecule has 2 aromatic heterocycles. The molecule has 0 fully saturated rings. The molecule has 108 valence electrons. The van der Waals surface area contributed by atoms with Crippen molar-refractivity contribution in [2.75, 3.05) is 0 Å². The first-order valence-electron chi connectivity index (χ1n) is 6.72. The Morgan fingerprint density at radius 1 is 1.38 bits per heavy atom. The Morgan fingerprint density at radius 2 is 2.19 bits per heavy atom. The van der Waals surface area contributed by atoms with Gasteiger partial charge in [-0.15, -0.1) is 0 Å². The topological polar surface area (TPSA) is 72.9 Å². The molecule has 0 aliphatic heterocycles. The number of nitrogens with zero attached hydrogens (tertiary/aromatic N) is 4. The van der Waals surface area contributed by atoms with Gasteiger partial charge in [-0.3, -0.25) is 0 Å². The monoisotopic (exact) mass is 284 g/mol. The molecule has 0 amide bonds. The van der Waals surface area contributed by atoms with E-state index in [-0.39, 0.29) is 5.56 Å². The van der Waals surface area contributed by atoms with Gasteiger partial charge >= 0.3 is 5.97 Å². The van der Waals surface area contributed by atoms with E-state index < -0.39 is 5.97 Å². The number of imidazole rings is 2. The van der Waals surface area contributed by atoms with Gasteiger partial charge in [0.25, 0.3) is 0 Å². The molecule has 6 heteroatoms. The molecule has 0 bridgehead atoms. The molecule has 0 spiro atoms. The molecule has 1 N–H and O–H groups in total. The number of fused-ring (bicyclic) bond motifs is 1. The number of aromatic carboxylic acids is 1. The Morgan fingerprint density at radius 3 is 2.86 bits per heavy atom. The summed E-state index contributed by atoms with van der Waals surface area (Å²) in [6.45, 7) is 2.69. The second-order valence-corrected chi connectivity index (χ2v) is 5.02. The van der Waals surface area contributed by atoms with E-state index in [0.717, 1.165) is 30.1 Å². The Kier molecular flexibility index (Phi) is 3.21. The van der Waals surface area contributed by atoms with Crippen molar-refractivity contribution in [2.24, 2.45) is 7.05 Å². The highest BCUT2D eigenvalue weighted by Crippen LogP contribution is 2.18. The van der Waals surface area contributed by atoms with Gasteiger partial charge < -0.3 is 14.2 Å². The first kappa shape index (κ1) is 13.4. The fourth-order valence-electron chi connectivity index (χ4n) is 2.51. The maximum atomic E-state index is 11.0. The minimum Gasteiger partial charge on any atom is -0.478 e. The molecular weight excluding hydrogens is 268 g/mol. The first-order chi connectivity index (χ1) is 10.1. The number of aryl methyl sites for hydroxylation is 4. The number of aromatic nitrogens is 4. The van der Waals surface area contributed by atoms with E-state index in [4.69, 9.17) is 5.11 Å². The van der Waals surface area contributed by atoms with Gasteiger partial charge in [0.05, 0.1) is 16.6 Å². The number of benzene rings is 1. The quantitative estimate of drug-likeness (QED) is 0.795. The number of rotatable bonds is 4. The minimum absolute atomic E-state index is 0.260. The molecule has 2 heterocycles. The fraction of sp³-hybridized carbons (Fsp3) is 0.267. The van der Waals surface area contributed by atoms with E-state index >= 15 is 0 Å². The molecule has 0 saturated heterocycles. The van der Waals surface area contributed by atoms with Gasteiger partial charge in [0.1, 0.15) is 11.6 Å². The molecule has 3 aromatic rings. The second kappa shape index (κ2) is 5.05. The second-order valence-electron chi connectivity index (χ2n) is 5.02. The maximum absolute atomic E-state index is 11.0. The SMILES string of the molecule is Cc1nc2cc(C(=O)O)ccc2n1CCc1nccn1C.